The number of benzene rings is 13. The zero-order chi connectivity index (χ0) is 59.1. The van der Waals surface area contributed by atoms with E-state index in [0.29, 0.717) is 5.69 Å². The number of fused-ring (bicyclic) bond motifs is 16. The summed E-state index contributed by atoms with van der Waals surface area (Å²) in [5.74, 6) is 1.37. The molecule has 16 aromatic rings. The molecule has 19 rings (SSSR count). The third-order valence-electron chi connectivity index (χ3n) is 19.2. The second kappa shape index (κ2) is 19.4. The van der Waals surface area contributed by atoms with Crippen LogP contribution in [0.3, 0.4) is 0 Å². The molecule has 0 amide bonds. The number of nitrogens with zero attached hydrogens (tertiary/aromatic N) is 7. The van der Waals surface area contributed by atoms with Crippen molar-refractivity contribution in [2.75, 3.05) is 4.90 Å². The Morgan fingerprint density at radius 3 is 1.58 bits per heavy atom. The molecule has 90 heavy (non-hydrogen) atoms. The van der Waals surface area contributed by atoms with Crippen LogP contribution in [-0.4, -0.2) is 24.4 Å². The lowest BCUT2D eigenvalue weighted by Crippen LogP contribution is -2.22. The van der Waals surface area contributed by atoms with E-state index in [2.05, 4.69) is 316 Å². The largest absolute Gasteiger partial charge is 0.318 e. The van der Waals surface area contributed by atoms with Crippen LogP contribution in [0, 0.1) is 6.57 Å². The summed E-state index contributed by atoms with van der Waals surface area (Å²) in [6, 6.07) is 107. The van der Waals surface area contributed by atoms with Crippen molar-refractivity contribution in [2.24, 2.45) is 4.99 Å². The van der Waals surface area contributed by atoms with Gasteiger partial charge in [-0.25, -0.2) is 14.8 Å². The van der Waals surface area contributed by atoms with Crippen molar-refractivity contribution in [1.29, 1.82) is 0 Å². The van der Waals surface area contributed by atoms with E-state index >= 15 is 0 Å². The fourth-order valence-electron chi connectivity index (χ4n) is 15.3. The van der Waals surface area contributed by atoms with Gasteiger partial charge in [-0.1, -0.05) is 206 Å². The van der Waals surface area contributed by atoms with Crippen LogP contribution in [0.1, 0.15) is 39.7 Å². The molecule has 7 heteroatoms. The first-order valence-electron chi connectivity index (χ1n) is 30.7. The summed E-state index contributed by atoms with van der Waals surface area (Å²) in [6.45, 7) is 9.98. The standard InChI is InChI=1S/C83H51N7/c1-84-80-79(77-63-34-16-14-30-59(63)60-31-15-17-35-64(60)77)65(55-40-44-73-68(47-55)78-67-46-53(51-22-6-2-7-23-51)38-42-69(67)85-82(78)87(73)57-26-10-4-11-27-57)50-66(81(80)89-71-36-20-18-32-61(71)62-33-19-21-37-72(62)89)56-41-45-74-76(49-56)90-75-48-54(52-24-8-3-9-25-52)39-43-70(75)86-83(90)88(74)58-28-12-5-13-29-58/h2-50,77-78H. The Balaban J connectivity index is 0.940. The van der Waals surface area contributed by atoms with Gasteiger partial charge in [-0.05, 0) is 174 Å². The second-order valence-electron chi connectivity index (χ2n) is 23.8. The minimum Gasteiger partial charge on any atom is -0.318 e. The van der Waals surface area contributed by atoms with Gasteiger partial charge in [0.25, 0.3) is 0 Å². The molecule has 0 N–H and O–H groups in total. The van der Waals surface area contributed by atoms with Crippen LogP contribution in [0.25, 0.3) is 122 Å². The Morgan fingerprint density at radius 1 is 0.356 bits per heavy atom. The highest BCUT2D eigenvalue weighted by molar-refractivity contribution is 6.19. The highest BCUT2D eigenvalue weighted by Gasteiger charge is 2.43. The zero-order valence-electron chi connectivity index (χ0n) is 48.6. The summed E-state index contributed by atoms with van der Waals surface area (Å²) in [5.41, 5.74) is 28.2. The molecule has 0 saturated carbocycles. The van der Waals surface area contributed by atoms with Gasteiger partial charge < -0.3 is 4.57 Å². The molecule has 0 radical (unpaired) electrons. The van der Waals surface area contributed by atoms with Crippen molar-refractivity contribution in [3.63, 3.8) is 0 Å². The first kappa shape index (κ1) is 50.1. The minimum atomic E-state index is -0.289. The maximum atomic E-state index is 9.98. The van der Waals surface area contributed by atoms with Crippen LogP contribution in [0.4, 0.5) is 22.7 Å². The Kier molecular flexibility index (Phi) is 10.8. The highest BCUT2D eigenvalue weighted by Crippen LogP contribution is 2.58. The number of aliphatic imine (C=N–C) groups is 1. The van der Waals surface area contributed by atoms with Crippen molar-refractivity contribution in [3.8, 4) is 67.0 Å². The molecular weight excluding hydrogens is 1090 g/mol. The van der Waals surface area contributed by atoms with Crippen molar-refractivity contribution >= 4 is 78.2 Å². The number of amidine groups is 1. The molecule has 3 aromatic heterocycles. The number of rotatable bonds is 8. The average Bonchev–Trinajstić information content (AvgIpc) is 1.53. The zero-order valence-corrected chi connectivity index (χ0v) is 48.6. The predicted octanol–water partition coefficient (Wildman–Crippen LogP) is 21.2. The normalized spacial score (nSPS) is 13.9. The summed E-state index contributed by atoms with van der Waals surface area (Å²) in [5, 5.41) is 2.25. The molecule has 13 aromatic carbocycles. The maximum absolute atomic E-state index is 9.98. The molecule has 0 saturated heterocycles. The minimum absolute atomic E-state index is 0.155. The monoisotopic (exact) mass is 1150 g/mol. The summed E-state index contributed by atoms with van der Waals surface area (Å²) >= 11 is 0. The number of hydrogen-bond donors (Lipinski definition) is 0. The maximum Gasteiger partial charge on any atom is 0.220 e. The van der Waals surface area contributed by atoms with Gasteiger partial charge >= 0.3 is 0 Å². The molecule has 0 bridgehead atoms. The van der Waals surface area contributed by atoms with E-state index in [1.807, 2.05) is 0 Å². The van der Waals surface area contributed by atoms with Gasteiger partial charge in [-0.3, -0.25) is 13.9 Å². The van der Waals surface area contributed by atoms with Gasteiger partial charge in [-0.15, -0.1) is 0 Å². The van der Waals surface area contributed by atoms with E-state index in [0.717, 1.165) is 128 Å². The molecule has 1 aliphatic carbocycles. The average molecular weight is 1150 g/mol. The summed E-state index contributed by atoms with van der Waals surface area (Å²) in [4.78, 5) is 18.3. The van der Waals surface area contributed by atoms with Crippen LogP contribution in [-0.2, 0) is 0 Å². The number of anilines is 2. The predicted molar refractivity (Wildman–Crippen MR) is 369 cm³/mol. The Hall–Kier alpha value is -12.1. The van der Waals surface area contributed by atoms with E-state index in [9.17, 15) is 6.57 Å². The molecule has 7 nitrogen and oxygen atoms in total. The van der Waals surface area contributed by atoms with Gasteiger partial charge in [0, 0.05) is 28.1 Å². The van der Waals surface area contributed by atoms with Gasteiger partial charge in [0.15, 0.2) is 0 Å². The molecule has 2 aliphatic heterocycles. The van der Waals surface area contributed by atoms with Crippen LogP contribution < -0.4 is 4.90 Å². The van der Waals surface area contributed by atoms with Crippen molar-refractivity contribution in [2.45, 2.75) is 11.8 Å². The summed E-state index contributed by atoms with van der Waals surface area (Å²) in [7, 11) is 0. The molecule has 3 aliphatic rings. The third kappa shape index (κ3) is 7.27. The van der Waals surface area contributed by atoms with Crippen molar-refractivity contribution in [3.05, 3.63) is 336 Å². The van der Waals surface area contributed by atoms with E-state index in [1.54, 1.807) is 0 Å². The number of imidazole rings is 2. The van der Waals surface area contributed by atoms with Crippen LogP contribution in [0.2, 0.25) is 0 Å². The molecular formula is C83H51N7. The fourth-order valence-corrected chi connectivity index (χ4v) is 15.3. The van der Waals surface area contributed by atoms with Gasteiger partial charge in [0.1, 0.15) is 5.84 Å². The highest BCUT2D eigenvalue weighted by atomic mass is 15.2. The lowest BCUT2D eigenvalue weighted by atomic mass is 9.80. The van der Waals surface area contributed by atoms with Gasteiger partial charge in [-0.2, -0.15) is 0 Å². The Bertz CT molecular complexity index is 5650. The molecule has 418 valence electrons. The molecule has 0 fully saturated rings. The third-order valence-corrected chi connectivity index (χ3v) is 19.2. The number of hydrogen-bond acceptors (Lipinski definition) is 3. The first-order chi connectivity index (χ1) is 44.6. The number of para-hydroxylation sites is 4. The van der Waals surface area contributed by atoms with E-state index < -0.39 is 0 Å². The summed E-state index contributed by atoms with van der Waals surface area (Å²) < 4.78 is 7.02. The van der Waals surface area contributed by atoms with Gasteiger partial charge in [0.2, 0.25) is 11.5 Å². The van der Waals surface area contributed by atoms with Crippen LogP contribution in [0.5, 0.6) is 0 Å². The molecule has 0 spiro atoms. The molecule has 1 atom stereocenters. The van der Waals surface area contributed by atoms with E-state index in [1.165, 1.54) is 38.9 Å². The SMILES string of the molecule is [C-]#[N+]c1c(C2c3ccccc3-c3ccccc32)c(-c2ccc3c(c2)C2C(=Nc4ccc(-c5ccccc5)cc42)N3c2ccccc2)cc(-c2ccc3c(c2)n2c4cc(-c5ccccc5)ccc4nc2n3-c2ccccc2)c1-n1c2ccccc2c2ccccc21. The first-order valence-corrected chi connectivity index (χ1v) is 30.7. The number of aromatic nitrogens is 4. The van der Waals surface area contributed by atoms with Gasteiger partial charge in [0.05, 0.1) is 62.7 Å². The van der Waals surface area contributed by atoms with Crippen molar-refractivity contribution in [1.82, 2.24) is 18.5 Å². The van der Waals surface area contributed by atoms with Crippen LogP contribution >= 0.6 is 0 Å². The van der Waals surface area contributed by atoms with E-state index in [4.69, 9.17) is 14.8 Å². The Morgan fingerprint density at radius 2 is 0.900 bits per heavy atom. The molecule has 1 unspecified atom stereocenters. The topological polar surface area (TPSA) is 47.1 Å². The summed E-state index contributed by atoms with van der Waals surface area (Å²) in [6.07, 6.45) is 0. The quantitative estimate of drug-likeness (QED) is 0.142. The Labute approximate surface area is 519 Å². The fraction of sp³-hybridized carbons (Fsp3) is 0.0241. The van der Waals surface area contributed by atoms with Crippen LogP contribution in [0.15, 0.2) is 302 Å². The second-order valence-corrected chi connectivity index (χ2v) is 23.8. The lowest BCUT2D eigenvalue weighted by molar-refractivity contribution is 1.02. The van der Waals surface area contributed by atoms with E-state index in [-0.39, 0.29) is 11.8 Å². The lowest BCUT2D eigenvalue weighted by Gasteiger charge is -2.27. The van der Waals surface area contributed by atoms with Crippen molar-refractivity contribution < 1.29 is 0 Å². The smallest absolute Gasteiger partial charge is 0.220 e. The molecule has 5 heterocycles.